The van der Waals surface area contributed by atoms with Crippen molar-refractivity contribution in [2.45, 2.75) is 12.5 Å². The van der Waals surface area contributed by atoms with E-state index in [1.54, 1.807) is 12.3 Å². The number of halogens is 2. The van der Waals surface area contributed by atoms with Crippen LogP contribution >= 0.6 is 0 Å². The van der Waals surface area contributed by atoms with Gasteiger partial charge in [0.15, 0.2) is 11.6 Å². The topological polar surface area (TPSA) is 42.2 Å². The van der Waals surface area contributed by atoms with Crippen LogP contribution in [0.15, 0.2) is 42.6 Å². The molecule has 2 N–H and O–H groups in total. The molecule has 0 spiro atoms. The zero-order valence-corrected chi connectivity index (χ0v) is 12.0. The van der Waals surface area contributed by atoms with Crippen LogP contribution in [0.5, 0.6) is 0 Å². The van der Waals surface area contributed by atoms with E-state index in [2.05, 4.69) is 4.98 Å². The van der Waals surface area contributed by atoms with E-state index in [1.807, 2.05) is 30.1 Å². The molecular weight excluding hydrogens is 272 g/mol. The second-order valence-corrected chi connectivity index (χ2v) is 4.98. The third-order valence-corrected chi connectivity index (χ3v) is 3.53. The second kappa shape index (κ2) is 7.24. The molecule has 21 heavy (non-hydrogen) atoms. The molecule has 1 heterocycles. The van der Waals surface area contributed by atoms with Crippen LogP contribution < -0.4 is 5.73 Å². The molecule has 0 aliphatic rings. The lowest BCUT2D eigenvalue weighted by Gasteiger charge is -2.27. The number of pyridine rings is 1. The maximum atomic E-state index is 13.3. The molecule has 0 bridgehead atoms. The Morgan fingerprint density at radius 2 is 2.00 bits per heavy atom. The maximum Gasteiger partial charge on any atom is 0.159 e. The summed E-state index contributed by atoms with van der Waals surface area (Å²) in [6, 6.07) is 9.55. The normalized spacial score (nSPS) is 12.6. The predicted octanol–water partition coefficient (Wildman–Crippen LogP) is 2.53. The quantitative estimate of drug-likeness (QED) is 0.889. The van der Waals surface area contributed by atoms with E-state index in [4.69, 9.17) is 5.73 Å². The molecule has 0 saturated heterocycles. The predicted molar refractivity (Wildman–Crippen MR) is 78.7 cm³/mol. The summed E-state index contributed by atoms with van der Waals surface area (Å²) in [6.45, 7) is 1.07. The molecule has 1 aromatic carbocycles. The molecule has 0 fully saturated rings. The summed E-state index contributed by atoms with van der Waals surface area (Å²) in [5.41, 5.74) is 7.46. The Balaban J connectivity index is 2.04. The zero-order chi connectivity index (χ0) is 15.2. The lowest BCUT2D eigenvalue weighted by molar-refractivity contribution is 0.251. The van der Waals surface area contributed by atoms with Crippen molar-refractivity contribution in [3.63, 3.8) is 0 Å². The maximum absolute atomic E-state index is 13.3. The molecule has 0 aliphatic carbocycles. The van der Waals surface area contributed by atoms with Gasteiger partial charge in [0.2, 0.25) is 0 Å². The van der Waals surface area contributed by atoms with Gasteiger partial charge in [0.25, 0.3) is 0 Å². The molecule has 0 amide bonds. The molecule has 0 aliphatic heterocycles. The standard InChI is InChI=1S/C16H19F2N3/c1-21(9-7-13-4-2-3-8-20-13)16(11-19)12-5-6-14(17)15(18)10-12/h2-6,8,10,16H,7,9,11,19H2,1H3. The van der Waals surface area contributed by atoms with Crippen LogP contribution in [-0.2, 0) is 6.42 Å². The summed E-state index contributed by atoms with van der Waals surface area (Å²) in [4.78, 5) is 6.30. The largest absolute Gasteiger partial charge is 0.329 e. The Kier molecular flexibility index (Phi) is 5.36. The van der Waals surface area contributed by atoms with Gasteiger partial charge in [-0.05, 0) is 36.9 Å². The van der Waals surface area contributed by atoms with Gasteiger partial charge in [-0.2, -0.15) is 0 Å². The minimum atomic E-state index is -0.843. The van der Waals surface area contributed by atoms with Gasteiger partial charge in [0.05, 0.1) is 0 Å². The summed E-state index contributed by atoms with van der Waals surface area (Å²) in [7, 11) is 1.92. The van der Waals surface area contributed by atoms with Crippen LogP contribution in [0.1, 0.15) is 17.3 Å². The molecule has 1 atom stereocenters. The summed E-state index contributed by atoms with van der Waals surface area (Å²) >= 11 is 0. The summed E-state index contributed by atoms with van der Waals surface area (Å²) in [5, 5.41) is 0. The van der Waals surface area contributed by atoms with Crippen LogP contribution in [-0.4, -0.2) is 30.0 Å². The third kappa shape index (κ3) is 4.06. The highest BCUT2D eigenvalue weighted by Gasteiger charge is 2.17. The van der Waals surface area contributed by atoms with Crippen LogP contribution in [0.25, 0.3) is 0 Å². The number of hydrogen-bond donors (Lipinski definition) is 1. The fourth-order valence-corrected chi connectivity index (χ4v) is 2.28. The molecule has 112 valence electrons. The number of rotatable bonds is 6. The van der Waals surface area contributed by atoms with Gasteiger partial charge in [0.1, 0.15) is 0 Å². The van der Waals surface area contributed by atoms with Crippen molar-refractivity contribution in [1.29, 1.82) is 0 Å². The van der Waals surface area contributed by atoms with E-state index in [0.29, 0.717) is 12.1 Å². The second-order valence-electron chi connectivity index (χ2n) is 4.98. The number of hydrogen-bond acceptors (Lipinski definition) is 3. The molecule has 0 saturated carbocycles. The summed E-state index contributed by atoms with van der Waals surface area (Å²) < 4.78 is 26.4. The smallest absolute Gasteiger partial charge is 0.159 e. The monoisotopic (exact) mass is 291 g/mol. The van der Waals surface area contributed by atoms with Crippen molar-refractivity contribution in [1.82, 2.24) is 9.88 Å². The first-order valence-corrected chi connectivity index (χ1v) is 6.87. The van der Waals surface area contributed by atoms with Crippen molar-refractivity contribution in [2.24, 2.45) is 5.73 Å². The number of aromatic nitrogens is 1. The summed E-state index contributed by atoms with van der Waals surface area (Å²) in [6.07, 6.45) is 2.53. The van der Waals surface area contributed by atoms with E-state index in [9.17, 15) is 8.78 Å². The minimum Gasteiger partial charge on any atom is -0.329 e. The van der Waals surface area contributed by atoms with Crippen molar-refractivity contribution in [2.75, 3.05) is 20.1 Å². The molecule has 3 nitrogen and oxygen atoms in total. The number of nitrogens with two attached hydrogens (primary N) is 1. The Bertz CT molecular complexity index is 575. The lowest BCUT2D eigenvalue weighted by Crippen LogP contribution is -2.32. The van der Waals surface area contributed by atoms with E-state index in [0.717, 1.165) is 24.7 Å². The van der Waals surface area contributed by atoms with E-state index in [-0.39, 0.29) is 6.04 Å². The third-order valence-electron chi connectivity index (χ3n) is 3.53. The molecule has 5 heteroatoms. The average molecular weight is 291 g/mol. The molecule has 0 radical (unpaired) electrons. The average Bonchev–Trinajstić information content (AvgIpc) is 2.50. The fraction of sp³-hybridized carbons (Fsp3) is 0.312. The first-order valence-electron chi connectivity index (χ1n) is 6.87. The molecule has 1 aromatic heterocycles. The molecule has 2 rings (SSSR count). The van der Waals surface area contributed by atoms with Crippen molar-refractivity contribution in [3.05, 3.63) is 65.5 Å². The first kappa shape index (κ1) is 15.5. The molecular formula is C16H19F2N3. The van der Waals surface area contributed by atoms with Gasteiger partial charge in [-0.15, -0.1) is 0 Å². The molecule has 1 unspecified atom stereocenters. The number of nitrogens with zero attached hydrogens (tertiary/aromatic N) is 2. The Morgan fingerprint density at radius 1 is 1.19 bits per heavy atom. The van der Waals surface area contributed by atoms with Gasteiger partial charge in [-0.1, -0.05) is 12.1 Å². The van der Waals surface area contributed by atoms with E-state index in [1.165, 1.54) is 6.07 Å². The van der Waals surface area contributed by atoms with Crippen LogP contribution in [0.4, 0.5) is 8.78 Å². The van der Waals surface area contributed by atoms with Gasteiger partial charge in [0, 0.05) is 37.4 Å². The van der Waals surface area contributed by atoms with E-state index >= 15 is 0 Å². The van der Waals surface area contributed by atoms with Gasteiger partial charge < -0.3 is 5.73 Å². The Hall–Kier alpha value is -1.85. The summed E-state index contributed by atoms with van der Waals surface area (Å²) in [5.74, 6) is -1.69. The van der Waals surface area contributed by atoms with Crippen LogP contribution in [0, 0.1) is 11.6 Å². The van der Waals surface area contributed by atoms with Crippen molar-refractivity contribution >= 4 is 0 Å². The zero-order valence-electron chi connectivity index (χ0n) is 12.0. The van der Waals surface area contributed by atoms with Crippen LogP contribution in [0.2, 0.25) is 0 Å². The van der Waals surface area contributed by atoms with Gasteiger partial charge in [-0.25, -0.2) is 8.78 Å². The first-order chi connectivity index (χ1) is 10.1. The minimum absolute atomic E-state index is 0.149. The van der Waals surface area contributed by atoms with E-state index < -0.39 is 11.6 Å². The highest BCUT2D eigenvalue weighted by atomic mass is 19.2. The fourth-order valence-electron chi connectivity index (χ4n) is 2.28. The SMILES string of the molecule is CN(CCc1ccccn1)C(CN)c1ccc(F)c(F)c1. The Morgan fingerprint density at radius 3 is 2.62 bits per heavy atom. The van der Waals surface area contributed by atoms with Gasteiger partial charge in [-0.3, -0.25) is 9.88 Å². The van der Waals surface area contributed by atoms with Crippen LogP contribution in [0.3, 0.4) is 0 Å². The van der Waals surface area contributed by atoms with Crippen molar-refractivity contribution in [3.8, 4) is 0 Å². The highest BCUT2D eigenvalue weighted by Crippen LogP contribution is 2.20. The number of likely N-dealkylation sites (N-methyl/N-ethyl adjacent to an activating group) is 1. The Labute approximate surface area is 123 Å². The highest BCUT2D eigenvalue weighted by molar-refractivity contribution is 5.21. The number of benzene rings is 1. The van der Waals surface area contributed by atoms with Gasteiger partial charge >= 0.3 is 0 Å². The van der Waals surface area contributed by atoms with Crippen molar-refractivity contribution < 1.29 is 8.78 Å². The lowest BCUT2D eigenvalue weighted by atomic mass is 10.0. The molecule has 2 aromatic rings.